The Kier molecular flexibility index (Phi) is 4.12. The molecule has 2 heterocycles. The van der Waals surface area contributed by atoms with Gasteiger partial charge in [0, 0.05) is 25.3 Å². The van der Waals surface area contributed by atoms with Crippen molar-refractivity contribution >= 4 is 6.03 Å². The predicted molar refractivity (Wildman–Crippen MR) is 70.3 cm³/mol. The third-order valence-electron chi connectivity index (χ3n) is 4.26. The van der Waals surface area contributed by atoms with Crippen molar-refractivity contribution in [3.63, 3.8) is 0 Å². The van der Waals surface area contributed by atoms with Crippen LogP contribution in [0.1, 0.15) is 33.1 Å². The highest BCUT2D eigenvalue weighted by Crippen LogP contribution is 2.27. The van der Waals surface area contributed by atoms with Crippen molar-refractivity contribution in [3.8, 4) is 0 Å². The highest BCUT2D eigenvalue weighted by atomic mass is 16.5. The summed E-state index contributed by atoms with van der Waals surface area (Å²) in [7, 11) is 0. The Labute approximate surface area is 109 Å². The summed E-state index contributed by atoms with van der Waals surface area (Å²) in [6.45, 7) is 7.24. The lowest BCUT2D eigenvalue weighted by Gasteiger charge is -2.35. The van der Waals surface area contributed by atoms with Crippen LogP contribution in [0.15, 0.2) is 0 Å². The zero-order chi connectivity index (χ0) is 13.2. The van der Waals surface area contributed by atoms with Gasteiger partial charge in [0.05, 0.1) is 6.04 Å². The molecule has 1 unspecified atom stereocenters. The van der Waals surface area contributed by atoms with E-state index >= 15 is 0 Å². The minimum absolute atomic E-state index is 0.0601. The van der Waals surface area contributed by atoms with E-state index in [1.165, 1.54) is 0 Å². The van der Waals surface area contributed by atoms with Crippen molar-refractivity contribution < 1.29 is 9.53 Å². The fourth-order valence-electron chi connectivity index (χ4n) is 2.96. The summed E-state index contributed by atoms with van der Waals surface area (Å²) in [4.78, 5) is 14.0. The number of ether oxygens (including phenoxy) is 1. The van der Waals surface area contributed by atoms with E-state index in [0.717, 1.165) is 39.0 Å². The third-order valence-corrected chi connectivity index (χ3v) is 4.26. The summed E-state index contributed by atoms with van der Waals surface area (Å²) < 4.78 is 5.38. The number of nitrogens with two attached hydrogens (primary N) is 1. The number of carbonyl (C=O) groups excluding carboxylic acids is 1. The van der Waals surface area contributed by atoms with E-state index in [4.69, 9.17) is 10.5 Å². The Morgan fingerprint density at radius 1 is 1.44 bits per heavy atom. The lowest BCUT2D eigenvalue weighted by molar-refractivity contribution is 0.0548. The fourth-order valence-corrected chi connectivity index (χ4v) is 2.96. The Morgan fingerprint density at radius 3 is 2.72 bits per heavy atom. The molecule has 18 heavy (non-hydrogen) atoms. The highest BCUT2D eigenvalue weighted by molar-refractivity contribution is 5.77. The molecule has 5 nitrogen and oxygen atoms in total. The Bertz CT molecular complexity index is 301. The average Bonchev–Trinajstić information content (AvgIpc) is 2.73. The second-order valence-electron chi connectivity index (χ2n) is 5.97. The van der Waals surface area contributed by atoms with Crippen molar-refractivity contribution in [3.05, 3.63) is 0 Å². The molecule has 104 valence electrons. The van der Waals surface area contributed by atoms with Crippen LogP contribution in [-0.2, 0) is 4.74 Å². The van der Waals surface area contributed by atoms with Crippen LogP contribution >= 0.6 is 0 Å². The number of amides is 2. The summed E-state index contributed by atoms with van der Waals surface area (Å²) >= 11 is 0. The molecule has 2 aliphatic heterocycles. The van der Waals surface area contributed by atoms with Crippen LogP contribution < -0.4 is 11.1 Å². The molecular formula is C13H25N3O2. The molecule has 3 N–H and O–H groups in total. The van der Waals surface area contributed by atoms with Gasteiger partial charge in [0.2, 0.25) is 0 Å². The molecule has 0 aromatic heterocycles. The topological polar surface area (TPSA) is 67.6 Å². The fraction of sp³-hybridized carbons (Fsp3) is 0.923. The Morgan fingerprint density at radius 2 is 2.11 bits per heavy atom. The molecular weight excluding hydrogens is 230 g/mol. The smallest absolute Gasteiger partial charge is 0.318 e. The monoisotopic (exact) mass is 255 g/mol. The van der Waals surface area contributed by atoms with E-state index in [9.17, 15) is 4.79 Å². The van der Waals surface area contributed by atoms with Crippen molar-refractivity contribution in [2.24, 2.45) is 11.7 Å². The lowest BCUT2D eigenvalue weighted by Crippen LogP contribution is -2.47. The minimum Gasteiger partial charge on any atom is -0.381 e. The maximum atomic E-state index is 12.1. The normalized spacial score (nSPS) is 26.5. The molecule has 0 aromatic rings. The molecule has 0 radical (unpaired) electrons. The number of hydrogen-bond acceptors (Lipinski definition) is 3. The summed E-state index contributed by atoms with van der Waals surface area (Å²) in [5.74, 6) is 0.557. The van der Waals surface area contributed by atoms with Gasteiger partial charge in [0.15, 0.2) is 0 Å². The van der Waals surface area contributed by atoms with E-state index < -0.39 is 0 Å². The molecule has 1 atom stereocenters. The summed E-state index contributed by atoms with van der Waals surface area (Å²) in [6, 6.07) is 0.336. The van der Waals surface area contributed by atoms with E-state index in [1.807, 2.05) is 4.90 Å². The van der Waals surface area contributed by atoms with Gasteiger partial charge in [0.1, 0.15) is 0 Å². The van der Waals surface area contributed by atoms with Crippen LogP contribution in [0, 0.1) is 5.92 Å². The standard InChI is InChI=1S/C13H25N3O2/c1-13(2,5-6-14)16-9-11(15-12(16)17)10-3-7-18-8-4-10/h10-11H,3-9,14H2,1-2H3,(H,15,17). The van der Waals surface area contributed by atoms with Crippen molar-refractivity contribution in [1.29, 1.82) is 0 Å². The molecule has 0 spiro atoms. The SMILES string of the molecule is CC(C)(CCN)N1CC(C2CCOCC2)NC1=O. The molecule has 2 aliphatic rings. The number of hydrogen-bond donors (Lipinski definition) is 2. The van der Waals surface area contributed by atoms with Crippen LogP contribution in [0.5, 0.6) is 0 Å². The third kappa shape index (κ3) is 2.78. The van der Waals surface area contributed by atoms with Gasteiger partial charge in [-0.2, -0.15) is 0 Å². The number of urea groups is 1. The maximum absolute atomic E-state index is 12.1. The zero-order valence-electron chi connectivity index (χ0n) is 11.4. The summed E-state index contributed by atoms with van der Waals surface area (Å²) in [5.41, 5.74) is 5.48. The van der Waals surface area contributed by atoms with Gasteiger partial charge in [-0.05, 0) is 45.6 Å². The van der Waals surface area contributed by atoms with Crippen molar-refractivity contribution in [2.75, 3.05) is 26.3 Å². The zero-order valence-corrected chi connectivity index (χ0v) is 11.4. The second kappa shape index (κ2) is 5.45. The Balaban J connectivity index is 1.97. The molecule has 2 fully saturated rings. The molecule has 2 saturated heterocycles. The van der Waals surface area contributed by atoms with Crippen LogP contribution in [0.4, 0.5) is 4.79 Å². The van der Waals surface area contributed by atoms with E-state index in [-0.39, 0.29) is 17.6 Å². The quantitative estimate of drug-likeness (QED) is 0.785. The number of rotatable bonds is 4. The van der Waals surface area contributed by atoms with Crippen LogP contribution in [0.3, 0.4) is 0 Å². The number of nitrogens with zero attached hydrogens (tertiary/aromatic N) is 1. The molecule has 0 bridgehead atoms. The molecule has 0 aromatic carbocycles. The van der Waals surface area contributed by atoms with E-state index in [2.05, 4.69) is 19.2 Å². The van der Waals surface area contributed by atoms with Gasteiger partial charge in [-0.1, -0.05) is 0 Å². The highest BCUT2D eigenvalue weighted by Gasteiger charge is 2.40. The lowest BCUT2D eigenvalue weighted by atomic mass is 9.91. The summed E-state index contributed by atoms with van der Waals surface area (Å²) in [5, 5.41) is 3.13. The average molecular weight is 255 g/mol. The summed E-state index contributed by atoms with van der Waals surface area (Å²) in [6.07, 6.45) is 2.94. The van der Waals surface area contributed by atoms with Gasteiger partial charge < -0.3 is 20.7 Å². The number of nitrogens with one attached hydrogen (secondary N) is 1. The van der Waals surface area contributed by atoms with Crippen LogP contribution in [-0.4, -0.2) is 48.8 Å². The van der Waals surface area contributed by atoms with Gasteiger partial charge >= 0.3 is 6.03 Å². The van der Waals surface area contributed by atoms with E-state index in [1.54, 1.807) is 0 Å². The van der Waals surface area contributed by atoms with Crippen LogP contribution in [0.25, 0.3) is 0 Å². The van der Waals surface area contributed by atoms with E-state index in [0.29, 0.717) is 12.5 Å². The molecule has 2 rings (SSSR count). The first-order valence-corrected chi connectivity index (χ1v) is 6.90. The molecule has 2 amide bonds. The molecule has 5 heteroatoms. The van der Waals surface area contributed by atoms with Crippen molar-refractivity contribution in [2.45, 2.75) is 44.7 Å². The molecule has 0 aliphatic carbocycles. The number of carbonyl (C=O) groups is 1. The van der Waals surface area contributed by atoms with Crippen LogP contribution in [0.2, 0.25) is 0 Å². The first-order valence-electron chi connectivity index (χ1n) is 6.90. The largest absolute Gasteiger partial charge is 0.381 e. The first kappa shape index (κ1) is 13.6. The second-order valence-corrected chi connectivity index (χ2v) is 5.97. The predicted octanol–water partition coefficient (Wildman–Crippen LogP) is 0.934. The first-order chi connectivity index (χ1) is 8.54. The van der Waals surface area contributed by atoms with Gasteiger partial charge in [0.25, 0.3) is 0 Å². The van der Waals surface area contributed by atoms with Gasteiger partial charge in [-0.3, -0.25) is 0 Å². The Hall–Kier alpha value is -0.810. The maximum Gasteiger partial charge on any atom is 0.318 e. The van der Waals surface area contributed by atoms with Gasteiger partial charge in [-0.25, -0.2) is 4.79 Å². The van der Waals surface area contributed by atoms with Crippen molar-refractivity contribution in [1.82, 2.24) is 10.2 Å². The minimum atomic E-state index is -0.154. The molecule has 0 saturated carbocycles. The van der Waals surface area contributed by atoms with Gasteiger partial charge in [-0.15, -0.1) is 0 Å².